The van der Waals surface area contributed by atoms with Gasteiger partial charge < -0.3 is 4.74 Å². The van der Waals surface area contributed by atoms with E-state index < -0.39 is 10.0 Å². The fourth-order valence-corrected chi connectivity index (χ4v) is 3.34. The summed E-state index contributed by atoms with van der Waals surface area (Å²) in [6, 6.07) is 6.31. The van der Waals surface area contributed by atoms with Crippen molar-refractivity contribution < 1.29 is 17.9 Å². The average Bonchev–Trinajstić information content (AvgIpc) is 2.42. The molecular weight excluding hydrogens is 290 g/mol. The van der Waals surface area contributed by atoms with Gasteiger partial charge >= 0.3 is 5.97 Å². The molecule has 1 fully saturated rings. The standard InChI is InChI=1S/C15H21NO4S/c1-20-15(17)11-13-5-7-14(8-6-13)21(18,19)16-10-9-12-3-2-4-12/h5-8,12,16H,2-4,9-11H2,1H3. The van der Waals surface area contributed by atoms with Gasteiger partial charge in [0.15, 0.2) is 0 Å². The van der Waals surface area contributed by atoms with E-state index in [1.54, 1.807) is 12.1 Å². The number of nitrogens with one attached hydrogen (secondary N) is 1. The third-order valence-corrected chi connectivity index (χ3v) is 5.36. The molecule has 0 radical (unpaired) electrons. The first-order chi connectivity index (χ1) is 10.0. The molecule has 0 atom stereocenters. The summed E-state index contributed by atoms with van der Waals surface area (Å²) in [4.78, 5) is 11.4. The summed E-state index contributed by atoms with van der Waals surface area (Å²) < 4.78 is 31.4. The lowest BCUT2D eigenvalue weighted by Gasteiger charge is -2.25. The van der Waals surface area contributed by atoms with Crippen molar-refractivity contribution >= 4 is 16.0 Å². The van der Waals surface area contributed by atoms with Gasteiger partial charge in [0.2, 0.25) is 10.0 Å². The van der Waals surface area contributed by atoms with Gasteiger partial charge in [0.25, 0.3) is 0 Å². The highest BCUT2D eigenvalue weighted by Gasteiger charge is 2.19. The Bertz CT molecular complexity index is 576. The number of methoxy groups -OCH3 is 1. The second-order valence-electron chi connectivity index (χ2n) is 5.38. The predicted molar refractivity (Wildman–Crippen MR) is 79.3 cm³/mol. The minimum Gasteiger partial charge on any atom is -0.469 e. The van der Waals surface area contributed by atoms with E-state index in [2.05, 4.69) is 9.46 Å². The molecule has 1 N–H and O–H groups in total. The molecule has 2 rings (SSSR count). The van der Waals surface area contributed by atoms with Crippen molar-refractivity contribution in [1.82, 2.24) is 4.72 Å². The van der Waals surface area contributed by atoms with Crippen molar-refractivity contribution in [3.63, 3.8) is 0 Å². The zero-order valence-corrected chi connectivity index (χ0v) is 13.0. The summed E-state index contributed by atoms with van der Waals surface area (Å²) in [7, 11) is -2.13. The van der Waals surface area contributed by atoms with Crippen LogP contribution in [0, 0.1) is 5.92 Å². The summed E-state index contributed by atoms with van der Waals surface area (Å²) in [6.07, 6.45) is 4.73. The number of carbonyl (C=O) groups is 1. The van der Waals surface area contributed by atoms with Crippen LogP contribution in [0.2, 0.25) is 0 Å². The first-order valence-corrected chi connectivity index (χ1v) is 8.65. The molecule has 21 heavy (non-hydrogen) atoms. The Kier molecular flexibility index (Phi) is 5.36. The maximum absolute atomic E-state index is 12.1. The van der Waals surface area contributed by atoms with Crippen LogP contribution >= 0.6 is 0 Å². The second kappa shape index (κ2) is 7.04. The van der Waals surface area contributed by atoms with E-state index in [4.69, 9.17) is 0 Å². The molecule has 6 heteroatoms. The number of hydrogen-bond donors (Lipinski definition) is 1. The Morgan fingerprint density at radius 3 is 2.48 bits per heavy atom. The molecule has 1 aromatic rings. The lowest BCUT2D eigenvalue weighted by atomic mass is 9.83. The zero-order chi connectivity index (χ0) is 15.3. The number of benzene rings is 1. The fraction of sp³-hybridized carbons (Fsp3) is 0.533. The third kappa shape index (κ3) is 4.54. The van der Waals surface area contributed by atoms with Crippen molar-refractivity contribution in [1.29, 1.82) is 0 Å². The van der Waals surface area contributed by atoms with Gasteiger partial charge in [-0.25, -0.2) is 13.1 Å². The van der Waals surface area contributed by atoms with Crippen LogP contribution in [0.15, 0.2) is 29.2 Å². The van der Waals surface area contributed by atoms with E-state index in [0.717, 1.165) is 12.0 Å². The van der Waals surface area contributed by atoms with Crippen LogP contribution in [0.4, 0.5) is 0 Å². The Morgan fingerprint density at radius 2 is 1.95 bits per heavy atom. The molecular formula is C15H21NO4S. The van der Waals surface area contributed by atoms with E-state index in [1.165, 1.54) is 38.5 Å². The molecule has 0 unspecified atom stereocenters. The van der Waals surface area contributed by atoms with Crippen LogP contribution in [0.1, 0.15) is 31.2 Å². The third-order valence-electron chi connectivity index (χ3n) is 3.88. The predicted octanol–water partition coefficient (Wildman–Crippen LogP) is 1.87. The number of carbonyl (C=O) groups excluding carboxylic acids is 1. The molecule has 0 bridgehead atoms. The summed E-state index contributed by atoms with van der Waals surface area (Å²) >= 11 is 0. The summed E-state index contributed by atoms with van der Waals surface area (Å²) in [6.45, 7) is 0.483. The van der Waals surface area contributed by atoms with Crippen molar-refractivity contribution in [2.24, 2.45) is 5.92 Å². The minimum atomic E-state index is -3.46. The molecule has 1 aliphatic carbocycles. The number of hydrogen-bond acceptors (Lipinski definition) is 4. The Labute approximate surface area is 125 Å². The van der Waals surface area contributed by atoms with Crippen LogP contribution < -0.4 is 4.72 Å². The number of esters is 1. The van der Waals surface area contributed by atoms with E-state index in [1.807, 2.05) is 0 Å². The van der Waals surface area contributed by atoms with E-state index in [0.29, 0.717) is 12.5 Å². The molecule has 0 heterocycles. The molecule has 116 valence electrons. The molecule has 0 amide bonds. The minimum absolute atomic E-state index is 0.145. The normalized spacial score (nSPS) is 15.5. The highest BCUT2D eigenvalue weighted by Crippen LogP contribution is 2.28. The Morgan fingerprint density at radius 1 is 1.29 bits per heavy atom. The van der Waals surface area contributed by atoms with Crippen molar-refractivity contribution in [2.75, 3.05) is 13.7 Å². The summed E-state index contributed by atoms with van der Waals surface area (Å²) in [5, 5.41) is 0. The lowest BCUT2D eigenvalue weighted by Crippen LogP contribution is -2.27. The lowest BCUT2D eigenvalue weighted by molar-refractivity contribution is -0.139. The largest absolute Gasteiger partial charge is 0.469 e. The zero-order valence-electron chi connectivity index (χ0n) is 12.2. The molecule has 0 saturated heterocycles. The fourth-order valence-electron chi connectivity index (χ4n) is 2.29. The van der Waals surface area contributed by atoms with Crippen LogP contribution in [-0.2, 0) is 26.0 Å². The average molecular weight is 311 g/mol. The number of sulfonamides is 1. The van der Waals surface area contributed by atoms with Gasteiger partial charge in [0.1, 0.15) is 0 Å². The second-order valence-corrected chi connectivity index (χ2v) is 7.15. The first-order valence-electron chi connectivity index (χ1n) is 7.16. The SMILES string of the molecule is COC(=O)Cc1ccc(S(=O)(=O)NCCC2CCC2)cc1. The van der Waals surface area contributed by atoms with Gasteiger partial charge in [0, 0.05) is 6.54 Å². The van der Waals surface area contributed by atoms with Crippen LogP contribution in [0.3, 0.4) is 0 Å². The molecule has 5 nitrogen and oxygen atoms in total. The molecule has 0 aliphatic heterocycles. The summed E-state index contributed by atoms with van der Waals surface area (Å²) in [5.74, 6) is 0.333. The van der Waals surface area contributed by atoms with E-state index >= 15 is 0 Å². The number of ether oxygens (including phenoxy) is 1. The monoisotopic (exact) mass is 311 g/mol. The maximum Gasteiger partial charge on any atom is 0.309 e. The van der Waals surface area contributed by atoms with Crippen LogP contribution in [0.25, 0.3) is 0 Å². The van der Waals surface area contributed by atoms with Gasteiger partial charge in [-0.05, 0) is 30.0 Å². The van der Waals surface area contributed by atoms with Crippen LogP contribution in [0.5, 0.6) is 0 Å². The van der Waals surface area contributed by atoms with Crippen molar-refractivity contribution in [3.8, 4) is 0 Å². The van der Waals surface area contributed by atoms with Crippen LogP contribution in [-0.4, -0.2) is 28.0 Å². The highest BCUT2D eigenvalue weighted by molar-refractivity contribution is 7.89. The molecule has 0 spiro atoms. The Hall–Kier alpha value is -1.40. The number of rotatable bonds is 7. The molecule has 0 aromatic heterocycles. The van der Waals surface area contributed by atoms with E-state index in [9.17, 15) is 13.2 Å². The smallest absolute Gasteiger partial charge is 0.309 e. The van der Waals surface area contributed by atoms with Gasteiger partial charge in [-0.3, -0.25) is 4.79 Å². The maximum atomic E-state index is 12.1. The van der Waals surface area contributed by atoms with Gasteiger partial charge in [-0.2, -0.15) is 0 Å². The summed E-state index contributed by atoms with van der Waals surface area (Å²) in [5.41, 5.74) is 0.732. The van der Waals surface area contributed by atoms with Gasteiger partial charge in [0.05, 0.1) is 18.4 Å². The quantitative estimate of drug-likeness (QED) is 0.780. The Balaban J connectivity index is 1.90. The molecule has 1 saturated carbocycles. The van der Waals surface area contributed by atoms with Crippen molar-refractivity contribution in [3.05, 3.63) is 29.8 Å². The highest BCUT2D eigenvalue weighted by atomic mass is 32.2. The molecule has 1 aliphatic rings. The van der Waals surface area contributed by atoms with Gasteiger partial charge in [-0.15, -0.1) is 0 Å². The molecule has 1 aromatic carbocycles. The topological polar surface area (TPSA) is 72.5 Å². The van der Waals surface area contributed by atoms with E-state index in [-0.39, 0.29) is 17.3 Å². The van der Waals surface area contributed by atoms with Crippen molar-refractivity contribution in [2.45, 2.75) is 37.0 Å². The van der Waals surface area contributed by atoms with Gasteiger partial charge in [-0.1, -0.05) is 31.4 Å². The first kappa shape index (κ1) is 16.0.